The van der Waals surface area contributed by atoms with Crippen LogP contribution in [0.25, 0.3) is 22.3 Å². The first-order chi connectivity index (χ1) is 11.3. The van der Waals surface area contributed by atoms with Crippen molar-refractivity contribution >= 4 is 32.8 Å². The van der Waals surface area contributed by atoms with Gasteiger partial charge < -0.3 is 5.11 Å². The van der Waals surface area contributed by atoms with Crippen LogP contribution in [0, 0.1) is 0 Å². The third kappa shape index (κ3) is 3.09. The number of carbonyl (C=O) groups is 1. The number of nitrogens with zero attached hydrogens (tertiary/aromatic N) is 2. The van der Waals surface area contributed by atoms with Crippen LogP contribution in [0.5, 0.6) is 0 Å². The first kappa shape index (κ1) is 16.4. The number of benzene rings is 2. The van der Waals surface area contributed by atoms with E-state index in [0.29, 0.717) is 10.0 Å². The molecule has 0 radical (unpaired) electrons. The quantitative estimate of drug-likeness (QED) is 0.677. The topological polar surface area (TPSA) is 63.1 Å². The predicted octanol–water partition coefficient (Wildman–Crippen LogP) is 4.78. The molecule has 24 heavy (non-hydrogen) atoms. The van der Waals surface area contributed by atoms with Crippen LogP contribution in [0.15, 0.2) is 46.9 Å². The van der Waals surface area contributed by atoms with Gasteiger partial charge in [-0.05, 0) is 30.3 Å². The molecule has 3 aromatic rings. The third-order valence-electron chi connectivity index (χ3n) is 3.31. The highest BCUT2D eigenvalue weighted by atomic mass is 79.9. The fourth-order valence-electron chi connectivity index (χ4n) is 2.23. The van der Waals surface area contributed by atoms with Crippen LogP contribution in [0.4, 0.5) is 13.2 Å². The van der Waals surface area contributed by atoms with Crippen LogP contribution in [0.3, 0.4) is 0 Å². The molecule has 1 N–H and O–H groups in total. The molecule has 0 bridgehead atoms. The van der Waals surface area contributed by atoms with Crippen molar-refractivity contribution in [3.63, 3.8) is 0 Å². The molecule has 8 heteroatoms. The molecule has 4 nitrogen and oxygen atoms in total. The summed E-state index contributed by atoms with van der Waals surface area (Å²) in [6, 6.07) is 9.46. The second-order valence-electron chi connectivity index (χ2n) is 4.94. The molecule has 1 aromatic heterocycles. The number of fused-ring (bicyclic) bond motifs is 1. The van der Waals surface area contributed by atoms with Crippen LogP contribution in [0.1, 0.15) is 16.1 Å². The summed E-state index contributed by atoms with van der Waals surface area (Å²) < 4.78 is 39.4. The molecule has 0 unspecified atom stereocenters. The summed E-state index contributed by atoms with van der Waals surface area (Å²) in [5.74, 6) is -1.29. The van der Waals surface area contributed by atoms with Crippen molar-refractivity contribution < 1.29 is 23.1 Å². The van der Waals surface area contributed by atoms with Gasteiger partial charge in [0.25, 0.3) is 0 Å². The molecule has 122 valence electrons. The summed E-state index contributed by atoms with van der Waals surface area (Å²) >= 11 is 3.27. The second kappa shape index (κ2) is 5.86. The Morgan fingerprint density at radius 1 is 1.08 bits per heavy atom. The van der Waals surface area contributed by atoms with Crippen LogP contribution in [-0.4, -0.2) is 21.0 Å². The molecule has 0 aliphatic rings. The average molecular weight is 397 g/mol. The van der Waals surface area contributed by atoms with Gasteiger partial charge in [-0.3, -0.25) is 0 Å². The van der Waals surface area contributed by atoms with Crippen LogP contribution < -0.4 is 0 Å². The van der Waals surface area contributed by atoms with Gasteiger partial charge in [0.1, 0.15) is 0 Å². The number of carboxylic acid groups (broad SMARTS) is 1. The van der Waals surface area contributed by atoms with E-state index in [1.807, 2.05) is 0 Å². The van der Waals surface area contributed by atoms with Crippen LogP contribution in [0.2, 0.25) is 0 Å². The molecule has 0 saturated carbocycles. The lowest BCUT2D eigenvalue weighted by Crippen LogP contribution is -2.08. The Balaban J connectivity index is 2.30. The first-order valence-electron chi connectivity index (χ1n) is 6.64. The summed E-state index contributed by atoms with van der Waals surface area (Å²) in [6.07, 6.45) is -4.54. The van der Waals surface area contributed by atoms with E-state index < -0.39 is 17.7 Å². The number of rotatable bonds is 2. The van der Waals surface area contributed by atoms with Crippen molar-refractivity contribution in [1.29, 1.82) is 0 Å². The minimum Gasteiger partial charge on any atom is -0.476 e. The molecule has 0 fully saturated rings. The smallest absolute Gasteiger partial charge is 0.416 e. The van der Waals surface area contributed by atoms with Crippen molar-refractivity contribution in [2.24, 2.45) is 0 Å². The van der Waals surface area contributed by atoms with Gasteiger partial charge in [0.05, 0.1) is 11.1 Å². The maximum atomic E-state index is 12.9. The lowest BCUT2D eigenvalue weighted by Gasteiger charge is -2.10. The zero-order valence-electron chi connectivity index (χ0n) is 11.8. The van der Waals surface area contributed by atoms with Gasteiger partial charge >= 0.3 is 12.1 Å². The SMILES string of the molecule is O=C(O)c1nc(-c2cccc(Br)c2)nc2cc(C(F)(F)F)ccc12. The Hall–Kier alpha value is -2.48. The number of aromatic nitrogens is 2. The summed E-state index contributed by atoms with van der Waals surface area (Å²) in [5.41, 5.74) is -0.827. The first-order valence-corrected chi connectivity index (χ1v) is 7.43. The van der Waals surface area contributed by atoms with E-state index in [2.05, 4.69) is 25.9 Å². The number of carboxylic acids is 1. The Morgan fingerprint density at radius 3 is 2.46 bits per heavy atom. The molecule has 0 saturated heterocycles. The summed E-state index contributed by atoms with van der Waals surface area (Å²) in [7, 11) is 0. The average Bonchev–Trinajstić information content (AvgIpc) is 2.52. The fourth-order valence-corrected chi connectivity index (χ4v) is 2.62. The Morgan fingerprint density at radius 2 is 1.83 bits per heavy atom. The molecule has 0 aliphatic carbocycles. The molecule has 0 atom stereocenters. The van der Waals surface area contributed by atoms with Crippen LogP contribution >= 0.6 is 15.9 Å². The molecule has 0 aliphatic heterocycles. The Kier molecular flexibility index (Phi) is 4.00. The van der Waals surface area contributed by atoms with Gasteiger partial charge in [-0.25, -0.2) is 14.8 Å². The molecule has 0 amide bonds. The highest BCUT2D eigenvalue weighted by Gasteiger charge is 2.31. The number of aromatic carboxylic acids is 1. The van der Waals surface area contributed by atoms with Crippen molar-refractivity contribution in [1.82, 2.24) is 9.97 Å². The minimum absolute atomic E-state index is 0.0422. The maximum Gasteiger partial charge on any atom is 0.416 e. The maximum absolute atomic E-state index is 12.9. The number of hydrogen-bond acceptors (Lipinski definition) is 3. The van der Waals surface area contributed by atoms with E-state index >= 15 is 0 Å². The lowest BCUT2D eigenvalue weighted by molar-refractivity contribution is -0.137. The monoisotopic (exact) mass is 396 g/mol. The van der Waals surface area contributed by atoms with E-state index in [0.717, 1.165) is 18.2 Å². The fraction of sp³-hybridized carbons (Fsp3) is 0.0625. The van der Waals surface area contributed by atoms with E-state index in [9.17, 15) is 23.1 Å². The van der Waals surface area contributed by atoms with Gasteiger partial charge in [0.2, 0.25) is 0 Å². The molecule has 1 heterocycles. The normalized spacial score (nSPS) is 11.7. The molecule has 0 spiro atoms. The van der Waals surface area contributed by atoms with Crippen molar-refractivity contribution in [3.05, 3.63) is 58.2 Å². The van der Waals surface area contributed by atoms with Crippen molar-refractivity contribution in [2.45, 2.75) is 6.18 Å². The van der Waals surface area contributed by atoms with E-state index in [1.54, 1.807) is 24.3 Å². The second-order valence-corrected chi connectivity index (χ2v) is 5.86. The Bertz CT molecular complexity index is 958. The zero-order valence-corrected chi connectivity index (χ0v) is 13.4. The minimum atomic E-state index is -4.54. The highest BCUT2D eigenvalue weighted by Crippen LogP contribution is 2.32. The highest BCUT2D eigenvalue weighted by molar-refractivity contribution is 9.10. The molecular formula is C16H8BrF3N2O2. The summed E-state index contributed by atoms with van der Waals surface area (Å²) in [4.78, 5) is 19.5. The predicted molar refractivity (Wildman–Crippen MR) is 84.6 cm³/mol. The number of hydrogen-bond donors (Lipinski definition) is 1. The third-order valence-corrected chi connectivity index (χ3v) is 3.80. The van der Waals surface area contributed by atoms with E-state index in [4.69, 9.17) is 0 Å². The molecule has 2 aromatic carbocycles. The van der Waals surface area contributed by atoms with Gasteiger partial charge in [0, 0.05) is 15.4 Å². The Labute approximate surface area is 142 Å². The molecular weight excluding hydrogens is 389 g/mol. The number of alkyl halides is 3. The van der Waals surface area contributed by atoms with Crippen LogP contribution in [-0.2, 0) is 6.18 Å². The summed E-state index contributed by atoms with van der Waals surface area (Å²) in [5, 5.41) is 9.37. The summed E-state index contributed by atoms with van der Waals surface area (Å²) in [6.45, 7) is 0. The van der Waals surface area contributed by atoms with Gasteiger partial charge in [-0.15, -0.1) is 0 Å². The number of halogens is 4. The van der Waals surface area contributed by atoms with Gasteiger partial charge in [-0.2, -0.15) is 13.2 Å². The largest absolute Gasteiger partial charge is 0.476 e. The van der Waals surface area contributed by atoms with E-state index in [1.165, 1.54) is 0 Å². The van der Waals surface area contributed by atoms with Gasteiger partial charge in [-0.1, -0.05) is 28.1 Å². The zero-order chi connectivity index (χ0) is 17.5. The van der Waals surface area contributed by atoms with Crippen molar-refractivity contribution in [3.8, 4) is 11.4 Å². The van der Waals surface area contributed by atoms with E-state index in [-0.39, 0.29) is 22.4 Å². The van der Waals surface area contributed by atoms with Gasteiger partial charge in [0.15, 0.2) is 11.5 Å². The standard InChI is InChI=1S/C16H8BrF3N2O2/c17-10-3-1-2-8(6-10)14-21-12-7-9(16(18,19)20)4-5-11(12)13(22-14)15(23)24/h1-7H,(H,23,24). The molecule has 3 rings (SSSR count). The lowest BCUT2D eigenvalue weighted by atomic mass is 10.1. The van der Waals surface area contributed by atoms with Crippen molar-refractivity contribution in [2.75, 3.05) is 0 Å².